The molecule has 5 heteroatoms. The molecule has 0 aliphatic heterocycles. The predicted octanol–water partition coefficient (Wildman–Crippen LogP) is 2.58. The minimum atomic E-state index is 0.753. The normalized spacial score (nSPS) is 11.1. The largest absolute Gasteiger partial charge is 0.313 e. The number of aromatic nitrogens is 2. The standard InChI is InChI=1S/C9H9Br2N3/c1-12-4-8-13-9(11)7-3-2-6(10)5-14(7)8/h2-3,5,12H,4H2,1H3. The number of fused-ring (bicyclic) bond motifs is 1. The summed E-state index contributed by atoms with van der Waals surface area (Å²) in [4.78, 5) is 4.42. The molecule has 0 amide bonds. The van der Waals surface area contributed by atoms with E-state index in [9.17, 15) is 0 Å². The summed E-state index contributed by atoms with van der Waals surface area (Å²) in [5.74, 6) is 0.996. The first-order valence-electron chi connectivity index (χ1n) is 4.19. The zero-order chi connectivity index (χ0) is 10.1. The molecule has 14 heavy (non-hydrogen) atoms. The Morgan fingerprint density at radius 3 is 2.93 bits per heavy atom. The Morgan fingerprint density at radius 2 is 2.21 bits per heavy atom. The summed E-state index contributed by atoms with van der Waals surface area (Å²) in [5, 5.41) is 3.09. The predicted molar refractivity (Wildman–Crippen MR) is 63.4 cm³/mol. The van der Waals surface area contributed by atoms with Gasteiger partial charge in [0.1, 0.15) is 10.4 Å². The van der Waals surface area contributed by atoms with Gasteiger partial charge in [0, 0.05) is 10.7 Å². The van der Waals surface area contributed by atoms with Crippen LogP contribution in [0.4, 0.5) is 0 Å². The fraction of sp³-hybridized carbons (Fsp3) is 0.222. The van der Waals surface area contributed by atoms with Crippen molar-refractivity contribution in [1.29, 1.82) is 0 Å². The van der Waals surface area contributed by atoms with Crippen LogP contribution in [-0.4, -0.2) is 16.4 Å². The molecule has 2 rings (SSSR count). The Hall–Kier alpha value is -0.390. The summed E-state index contributed by atoms with van der Waals surface area (Å²) in [7, 11) is 1.91. The summed E-state index contributed by atoms with van der Waals surface area (Å²) >= 11 is 6.88. The second-order valence-electron chi connectivity index (χ2n) is 2.95. The van der Waals surface area contributed by atoms with Crippen LogP contribution in [0.3, 0.4) is 0 Å². The van der Waals surface area contributed by atoms with Gasteiger partial charge in [-0.25, -0.2) is 4.98 Å². The summed E-state index contributed by atoms with van der Waals surface area (Å²) < 4.78 is 3.99. The number of rotatable bonds is 2. The molecular formula is C9H9Br2N3. The smallest absolute Gasteiger partial charge is 0.132 e. The van der Waals surface area contributed by atoms with E-state index in [0.29, 0.717) is 0 Å². The Morgan fingerprint density at radius 1 is 1.43 bits per heavy atom. The van der Waals surface area contributed by atoms with E-state index >= 15 is 0 Å². The Labute approximate surface area is 98.8 Å². The van der Waals surface area contributed by atoms with E-state index < -0.39 is 0 Å². The molecule has 0 saturated carbocycles. The average molecular weight is 319 g/mol. The molecular weight excluding hydrogens is 310 g/mol. The van der Waals surface area contributed by atoms with Crippen molar-refractivity contribution in [2.24, 2.45) is 0 Å². The molecule has 2 aromatic heterocycles. The lowest BCUT2D eigenvalue weighted by Gasteiger charge is -2.00. The molecule has 3 nitrogen and oxygen atoms in total. The lowest BCUT2D eigenvalue weighted by atomic mass is 10.4. The third-order valence-electron chi connectivity index (χ3n) is 1.96. The van der Waals surface area contributed by atoms with Crippen LogP contribution in [0.25, 0.3) is 5.52 Å². The molecule has 2 heterocycles. The van der Waals surface area contributed by atoms with E-state index in [-0.39, 0.29) is 0 Å². The highest BCUT2D eigenvalue weighted by molar-refractivity contribution is 9.10. The van der Waals surface area contributed by atoms with Gasteiger partial charge in [-0.2, -0.15) is 0 Å². The molecule has 74 valence electrons. The van der Waals surface area contributed by atoms with Crippen LogP contribution in [0.1, 0.15) is 5.82 Å². The molecule has 0 unspecified atom stereocenters. The third-order valence-corrected chi connectivity index (χ3v) is 3.02. The summed E-state index contributed by atoms with van der Waals surface area (Å²) in [6, 6.07) is 4.03. The van der Waals surface area contributed by atoms with Gasteiger partial charge in [-0.1, -0.05) is 0 Å². The minimum Gasteiger partial charge on any atom is -0.313 e. The van der Waals surface area contributed by atoms with E-state index in [1.807, 2.05) is 25.4 Å². The zero-order valence-corrected chi connectivity index (χ0v) is 10.8. The Bertz CT molecular complexity index is 464. The average Bonchev–Trinajstić information content (AvgIpc) is 2.44. The van der Waals surface area contributed by atoms with Crippen molar-refractivity contribution in [3.8, 4) is 0 Å². The number of imidazole rings is 1. The summed E-state index contributed by atoms with van der Waals surface area (Å²) in [5.41, 5.74) is 1.08. The van der Waals surface area contributed by atoms with E-state index in [1.54, 1.807) is 0 Å². The zero-order valence-electron chi connectivity index (χ0n) is 7.59. The summed E-state index contributed by atoms with van der Waals surface area (Å²) in [6.45, 7) is 0.753. The van der Waals surface area contributed by atoms with E-state index in [2.05, 4.69) is 46.6 Å². The summed E-state index contributed by atoms with van der Waals surface area (Å²) in [6.07, 6.45) is 2.01. The molecule has 0 aliphatic rings. The van der Waals surface area contributed by atoms with Gasteiger partial charge in [0.15, 0.2) is 0 Å². The second-order valence-corrected chi connectivity index (χ2v) is 4.62. The van der Waals surface area contributed by atoms with Crippen molar-refractivity contribution < 1.29 is 0 Å². The van der Waals surface area contributed by atoms with Gasteiger partial charge in [-0.3, -0.25) is 0 Å². The number of hydrogen-bond acceptors (Lipinski definition) is 2. The second kappa shape index (κ2) is 4.00. The fourth-order valence-corrected chi connectivity index (χ4v) is 2.23. The maximum absolute atomic E-state index is 4.42. The first kappa shape index (κ1) is 10.1. The molecule has 0 aromatic carbocycles. The number of nitrogens with zero attached hydrogens (tertiary/aromatic N) is 2. The van der Waals surface area contributed by atoms with Crippen molar-refractivity contribution in [3.63, 3.8) is 0 Å². The van der Waals surface area contributed by atoms with Gasteiger partial charge in [-0.15, -0.1) is 0 Å². The minimum absolute atomic E-state index is 0.753. The topological polar surface area (TPSA) is 29.3 Å². The highest BCUT2D eigenvalue weighted by atomic mass is 79.9. The van der Waals surface area contributed by atoms with Crippen LogP contribution < -0.4 is 5.32 Å². The van der Waals surface area contributed by atoms with Crippen molar-refractivity contribution >= 4 is 37.4 Å². The van der Waals surface area contributed by atoms with E-state index in [1.165, 1.54) is 0 Å². The highest BCUT2D eigenvalue weighted by Gasteiger charge is 2.07. The molecule has 0 fully saturated rings. The molecule has 0 spiro atoms. The van der Waals surface area contributed by atoms with Crippen molar-refractivity contribution in [2.75, 3.05) is 7.05 Å². The van der Waals surface area contributed by atoms with E-state index in [0.717, 1.165) is 27.0 Å². The van der Waals surface area contributed by atoms with Crippen LogP contribution in [0.2, 0.25) is 0 Å². The molecule has 0 bridgehead atoms. The van der Waals surface area contributed by atoms with Gasteiger partial charge in [-0.05, 0) is 51.0 Å². The van der Waals surface area contributed by atoms with E-state index in [4.69, 9.17) is 0 Å². The van der Waals surface area contributed by atoms with Crippen LogP contribution in [-0.2, 0) is 6.54 Å². The highest BCUT2D eigenvalue weighted by Crippen LogP contribution is 2.21. The lowest BCUT2D eigenvalue weighted by Crippen LogP contribution is -2.08. The van der Waals surface area contributed by atoms with Crippen LogP contribution in [0.5, 0.6) is 0 Å². The van der Waals surface area contributed by atoms with Crippen molar-refractivity contribution in [1.82, 2.24) is 14.7 Å². The van der Waals surface area contributed by atoms with Gasteiger partial charge >= 0.3 is 0 Å². The van der Waals surface area contributed by atoms with Crippen molar-refractivity contribution in [3.05, 3.63) is 33.2 Å². The van der Waals surface area contributed by atoms with Crippen LogP contribution in [0.15, 0.2) is 27.4 Å². The maximum atomic E-state index is 4.42. The molecule has 2 aromatic rings. The molecule has 0 aliphatic carbocycles. The molecule has 0 radical (unpaired) electrons. The third kappa shape index (κ3) is 1.71. The maximum Gasteiger partial charge on any atom is 0.132 e. The number of hydrogen-bond donors (Lipinski definition) is 1. The molecule has 0 saturated heterocycles. The first-order valence-corrected chi connectivity index (χ1v) is 5.77. The molecule has 0 atom stereocenters. The van der Waals surface area contributed by atoms with Gasteiger partial charge < -0.3 is 9.72 Å². The van der Waals surface area contributed by atoms with Crippen molar-refractivity contribution in [2.45, 2.75) is 6.54 Å². The number of pyridine rings is 1. The monoisotopic (exact) mass is 317 g/mol. The SMILES string of the molecule is CNCc1nc(Br)c2ccc(Br)cn12. The first-order chi connectivity index (χ1) is 6.72. The van der Waals surface area contributed by atoms with Gasteiger partial charge in [0.25, 0.3) is 0 Å². The molecule has 1 N–H and O–H groups in total. The Kier molecular flexibility index (Phi) is 2.90. The Balaban J connectivity index is 2.66. The van der Waals surface area contributed by atoms with Crippen LogP contribution in [0, 0.1) is 0 Å². The number of nitrogens with one attached hydrogen (secondary N) is 1. The fourth-order valence-electron chi connectivity index (χ4n) is 1.36. The quantitative estimate of drug-likeness (QED) is 0.922. The number of halogens is 2. The van der Waals surface area contributed by atoms with Gasteiger partial charge in [0.05, 0.1) is 12.1 Å². The van der Waals surface area contributed by atoms with Gasteiger partial charge in [0.2, 0.25) is 0 Å². The van der Waals surface area contributed by atoms with Crippen LogP contribution >= 0.6 is 31.9 Å². The lowest BCUT2D eigenvalue weighted by molar-refractivity contribution is 0.754.